The number of quaternary nitrogens is 1. The summed E-state index contributed by atoms with van der Waals surface area (Å²) in [4.78, 5) is 1.14. The second kappa shape index (κ2) is 6.23. The summed E-state index contributed by atoms with van der Waals surface area (Å²) in [6.07, 6.45) is 0. The second-order valence-corrected chi connectivity index (χ2v) is 7.55. The van der Waals surface area contributed by atoms with Gasteiger partial charge in [0.2, 0.25) is 0 Å². The molecule has 3 aromatic rings. The van der Waals surface area contributed by atoms with Gasteiger partial charge in [-0.1, -0.05) is 48.0 Å². The first kappa shape index (κ1) is 16.2. The van der Waals surface area contributed by atoms with Gasteiger partial charge >= 0.3 is 0 Å². The Morgan fingerprint density at radius 3 is 2.44 bits per heavy atom. The molecule has 1 unspecified atom stereocenters. The Hall–Kier alpha value is -2.27. The molecule has 1 heterocycles. The van der Waals surface area contributed by atoms with Crippen molar-refractivity contribution in [3.8, 4) is 11.1 Å². The molecule has 0 radical (unpaired) electrons. The number of hydroxylamine groups is 2. The normalized spacial score (nSPS) is 18.4. The second-order valence-electron chi connectivity index (χ2n) is 6.67. The third-order valence-corrected chi connectivity index (χ3v) is 5.43. The van der Waals surface area contributed by atoms with Crippen molar-refractivity contribution in [3.63, 3.8) is 0 Å². The smallest absolute Gasteiger partial charge is 0.197 e. The summed E-state index contributed by atoms with van der Waals surface area (Å²) in [5.41, 5.74) is 6.57. The highest BCUT2D eigenvalue weighted by molar-refractivity contribution is 8.00. The summed E-state index contributed by atoms with van der Waals surface area (Å²) < 4.78 is 3.29. The van der Waals surface area contributed by atoms with Crippen LogP contribution in [0.3, 0.4) is 0 Å². The lowest BCUT2D eigenvalue weighted by Crippen LogP contribution is -2.43. The molecule has 25 heavy (non-hydrogen) atoms. The topological polar surface area (TPSA) is 32.3 Å². The van der Waals surface area contributed by atoms with Crippen molar-refractivity contribution in [2.75, 3.05) is 11.8 Å². The summed E-state index contributed by atoms with van der Waals surface area (Å²) in [5.74, 6) is 0. The number of hydrogen-bond acceptors (Lipinski definition) is 3. The number of nitrogens with one attached hydrogen (secondary N) is 1. The van der Waals surface area contributed by atoms with E-state index in [9.17, 15) is 5.21 Å². The van der Waals surface area contributed by atoms with E-state index in [2.05, 4.69) is 60.2 Å². The van der Waals surface area contributed by atoms with E-state index >= 15 is 0 Å². The van der Waals surface area contributed by atoms with Crippen molar-refractivity contribution in [1.82, 2.24) is 4.65 Å². The van der Waals surface area contributed by atoms with Gasteiger partial charge in [-0.15, -0.1) is 4.65 Å². The molecule has 0 amide bonds. The molecule has 3 nitrogen and oxygen atoms in total. The van der Waals surface area contributed by atoms with Gasteiger partial charge in [0.25, 0.3) is 0 Å². The molecule has 0 fully saturated rings. The van der Waals surface area contributed by atoms with Crippen molar-refractivity contribution in [1.29, 1.82) is 0 Å². The molecule has 4 heteroatoms. The van der Waals surface area contributed by atoms with Gasteiger partial charge in [-0.25, -0.2) is 5.21 Å². The molecule has 1 aliphatic rings. The molecule has 126 valence electrons. The van der Waals surface area contributed by atoms with Crippen LogP contribution in [-0.4, -0.2) is 12.3 Å². The molecule has 0 bridgehead atoms. The van der Waals surface area contributed by atoms with Crippen LogP contribution >= 0.6 is 11.9 Å². The van der Waals surface area contributed by atoms with Crippen LogP contribution in [0, 0.1) is 6.92 Å². The highest BCUT2D eigenvalue weighted by atomic mass is 32.2. The lowest BCUT2D eigenvalue weighted by molar-refractivity contribution is -0.0632. The summed E-state index contributed by atoms with van der Waals surface area (Å²) in [5, 5.41) is 11.1. The van der Waals surface area contributed by atoms with E-state index in [4.69, 9.17) is 0 Å². The summed E-state index contributed by atoms with van der Waals surface area (Å²) in [6.45, 7) is 2.65. The number of rotatable bonds is 3. The van der Waals surface area contributed by atoms with Gasteiger partial charge in [0.1, 0.15) is 19.3 Å². The van der Waals surface area contributed by atoms with Crippen molar-refractivity contribution < 1.29 is 5.21 Å². The average molecular weight is 349 g/mol. The fourth-order valence-electron chi connectivity index (χ4n) is 3.41. The van der Waals surface area contributed by atoms with Crippen LogP contribution in [0.2, 0.25) is 0 Å². The number of anilines is 1. The van der Waals surface area contributed by atoms with E-state index in [1.54, 1.807) is 11.9 Å². The van der Waals surface area contributed by atoms with Crippen molar-refractivity contribution in [3.05, 3.63) is 77.9 Å². The number of benzene rings is 3. The van der Waals surface area contributed by atoms with Crippen LogP contribution < -0.4 is 9.37 Å². The number of hydrogen-bond donors (Lipinski definition) is 2. The molecule has 2 N–H and O–H groups in total. The van der Waals surface area contributed by atoms with E-state index < -0.39 is 0 Å². The Kier molecular flexibility index (Phi) is 4.04. The SMILES string of the molecule is Cc1ccc(SNc2cccc3c2[N+](C)(O)Cc2ccccc2-3)cc1. The lowest BCUT2D eigenvalue weighted by Gasteiger charge is -2.33. The first-order valence-electron chi connectivity index (χ1n) is 8.34. The number of aryl methyl sites for hydroxylation is 1. The van der Waals surface area contributed by atoms with Gasteiger partial charge in [-0.2, -0.15) is 0 Å². The first-order valence-corrected chi connectivity index (χ1v) is 9.16. The maximum Gasteiger partial charge on any atom is 0.197 e. The minimum atomic E-state index is -0.149. The van der Waals surface area contributed by atoms with E-state index in [0.717, 1.165) is 21.8 Å². The van der Waals surface area contributed by atoms with E-state index in [1.165, 1.54) is 16.7 Å². The maximum atomic E-state index is 11.1. The maximum absolute atomic E-state index is 11.1. The Balaban J connectivity index is 1.73. The molecule has 0 aromatic heterocycles. The largest absolute Gasteiger partial charge is 0.321 e. The molecule has 0 aliphatic carbocycles. The Labute approximate surface area is 152 Å². The van der Waals surface area contributed by atoms with Gasteiger partial charge in [0, 0.05) is 16.0 Å². The summed E-state index contributed by atoms with van der Waals surface area (Å²) in [6, 6.07) is 22.9. The van der Waals surface area contributed by atoms with Crippen LogP contribution in [0.15, 0.2) is 71.6 Å². The van der Waals surface area contributed by atoms with Gasteiger partial charge in [-0.3, -0.25) is 0 Å². The zero-order valence-electron chi connectivity index (χ0n) is 14.4. The molecule has 0 spiro atoms. The molecule has 1 aliphatic heterocycles. The average Bonchev–Trinajstić information content (AvgIpc) is 2.61. The highest BCUT2D eigenvalue weighted by Crippen LogP contribution is 2.46. The fourth-order valence-corrected chi connectivity index (χ4v) is 4.08. The number of para-hydroxylation sites is 1. The van der Waals surface area contributed by atoms with Crippen molar-refractivity contribution in [2.24, 2.45) is 0 Å². The standard InChI is InChI=1S/C21H21N2OS/c1-15-10-12-17(13-11-15)25-22-20-9-5-8-19-18-7-4-3-6-16(18)14-23(2,24)21(19)20/h3-13,22,24H,14H2,1-2H3/q+1. The van der Waals surface area contributed by atoms with Gasteiger partial charge < -0.3 is 4.72 Å². The van der Waals surface area contributed by atoms with E-state index in [-0.39, 0.29) is 4.65 Å². The van der Waals surface area contributed by atoms with Crippen LogP contribution in [0.25, 0.3) is 11.1 Å². The fraction of sp³-hybridized carbons (Fsp3) is 0.143. The zero-order valence-corrected chi connectivity index (χ0v) is 15.2. The molecule has 0 saturated heterocycles. The first-order chi connectivity index (χ1) is 12.0. The highest BCUT2D eigenvalue weighted by Gasteiger charge is 2.36. The lowest BCUT2D eigenvalue weighted by atomic mass is 9.92. The van der Waals surface area contributed by atoms with Gasteiger partial charge in [-0.05, 0) is 48.7 Å². The monoisotopic (exact) mass is 349 g/mol. The summed E-state index contributed by atoms with van der Waals surface area (Å²) in [7, 11) is 1.84. The van der Waals surface area contributed by atoms with Crippen molar-refractivity contribution in [2.45, 2.75) is 18.4 Å². The third kappa shape index (κ3) is 3.04. The molecule has 3 aromatic carbocycles. The quantitative estimate of drug-likeness (QED) is 0.475. The third-order valence-electron chi connectivity index (χ3n) is 4.60. The van der Waals surface area contributed by atoms with Crippen LogP contribution in [0.4, 0.5) is 11.4 Å². The van der Waals surface area contributed by atoms with E-state index in [1.807, 2.05) is 25.2 Å². The minimum absolute atomic E-state index is 0.149. The molecular formula is C21H21N2OS+. The van der Waals surface area contributed by atoms with Crippen LogP contribution in [-0.2, 0) is 6.54 Å². The Morgan fingerprint density at radius 2 is 1.64 bits per heavy atom. The molecular weight excluding hydrogens is 328 g/mol. The minimum Gasteiger partial charge on any atom is -0.321 e. The van der Waals surface area contributed by atoms with Gasteiger partial charge in [0.05, 0.1) is 0 Å². The number of nitrogens with zero attached hydrogens (tertiary/aromatic N) is 1. The summed E-state index contributed by atoms with van der Waals surface area (Å²) >= 11 is 1.57. The number of fused-ring (bicyclic) bond motifs is 3. The molecule has 0 saturated carbocycles. The predicted octanol–water partition coefficient (Wildman–Crippen LogP) is 5.62. The van der Waals surface area contributed by atoms with Crippen LogP contribution in [0.5, 0.6) is 0 Å². The van der Waals surface area contributed by atoms with Crippen LogP contribution in [0.1, 0.15) is 11.1 Å². The molecule has 4 rings (SSSR count). The zero-order chi connectivity index (χ0) is 17.4. The van der Waals surface area contributed by atoms with E-state index in [0.29, 0.717) is 6.54 Å². The van der Waals surface area contributed by atoms with Crippen molar-refractivity contribution >= 4 is 23.3 Å². The Morgan fingerprint density at radius 1 is 0.920 bits per heavy atom. The molecule has 1 atom stereocenters. The Bertz CT molecular complexity index is 919. The predicted molar refractivity (Wildman–Crippen MR) is 106 cm³/mol. The van der Waals surface area contributed by atoms with Gasteiger partial charge in [0.15, 0.2) is 5.69 Å².